The summed E-state index contributed by atoms with van der Waals surface area (Å²) in [5, 5.41) is 8.50. The second-order valence-corrected chi connectivity index (χ2v) is 4.09. The van der Waals surface area contributed by atoms with Crippen LogP contribution in [0.2, 0.25) is 0 Å². The molecule has 0 radical (unpaired) electrons. The predicted molar refractivity (Wildman–Crippen MR) is 65.9 cm³/mol. The minimum absolute atomic E-state index is 0.0410. The highest BCUT2D eigenvalue weighted by atomic mass is 16.4. The first-order valence-corrected chi connectivity index (χ1v) is 6.15. The van der Waals surface area contributed by atoms with Crippen LogP contribution >= 0.6 is 0 Å². The number of carbonyl (C=O) groups excluding carboxylic acids is 1. The number of amides is 1. The van der Waals surface area contributed by atoms with Crippen molar-refractivity contribution < 1.29 is 19.1 Å². The molecule has 0 spiro atoms. The molecule has 1 rings (SSSR count). The molecule has 0 fully saturated rings. The van der Waals surface area contributed by atoms with Crippen molar-refractivity contribution in [1.82, 2.24) is 4.90 Å². The fourth-order valence-electron chi connectivity index (χ4n) is 1.68. The van der Waals surface area contributed by atoms with Crippen LogP contribution in [-0.4, -0.2) is 28.4 Å². The van der Waals surface area contributed by atoms with Crippen LogP contribution in [0.3, 0.4) is 0 Å². The summed E-state index contributed by atoms with van der Waals surface area (Å²) in [4.78, 5) is 23.9. The maximum Gasteiger partial charge on any atom is 0.303 e. The number of carboxylic acid groups (broad SMARTS) is 1. The lowest BCUT2D eigenvalue weighted by Gasteiger charge is -2.19. The number of carbonyl (C=O) groups is 2. The SMILES string of the molecule is CCN(Cc1ccco1)C(=O)CCCCC(=O)O. The molecule has 5 nitrogen and oxygen atoms in total. The summed E-state index contributed by atoms with van der Waals surface area (Å²) >= 11 is 0. The Labute approximate surface area is 106 Å². The van der Waals surface area contributed by atoms with E-state index < -0.39 is 5.97 Å². The summed E-state index contributed by atoms with van der Waals surface area (Å²) in [5.74, 6) is -0.0135. The molecule has 1 amide bonds. The van der Waals surface area contributed by atoms with Crippen LogP contribution in [0.5, 0.6) is 0 Å². The summed E-state index contributed by atoms with van der Waals surface area (Å²) in [5.41, 5.74) is 0. The van der Waals surface area contributed by atoms with E-state index in [0.29, 0.717) is 32.4 Å². The number of aliphatic carboxylic acids is 1. The van der Waals surface area contributed by atoms with Crippen molar-refractivity contribution in [3.63, 3.8) is 0 Å². The van der Waals surface area contributed by atoms with E-state index in [-0.39, 0.29) is 12.3 Å². The molecule has 0 saturated carbocycles. The Morgan fingerprint density at radius 2 is 2.06 bits per heavy atom. The maximum absolute atomic E-state index is 11.9. The standard InChI is InChI=1S/C13H19NO4/c1-2-14(10-11-6-5-9-18-11)12(15)7-3-4-8-13(16)17/h5-6,9H,2-4,7-8,10H2,1H3,(H,16,17). The van der Waals surface area contributed by atoms with E-state index in [1.807, 2.05) is 13.0 Å². The molecule has 5 heteroatoms. The minimum Gasteiger partial charge on any atom is -0.481 e. The number of rotatable bonds is 8. The molecule has 0 unspecified atom stereocenters. The average Bonchev–Trinajstić information content (AvgIpc) is 2.84. The van der Waals surface area contributed by atoms with Crippen LogP contribution in [0.1, 0.15) is 38.4 Å². The molecule has 0 atom stereocenters. The molecule has 1 aromatic heterocycles. The topological polar surface area (TPSA) is 70.8 Å². The van der Waals surface area contributed by atoms with E-state index >= 15 is 0 Å². The van der Waals surface area contributed by atoms with Crippen molar-refractivity contribution in [3.8, 4) is 0 Å². The first-order chi connectivity index (χ1) is 8.63. The molecule has 18 heavy (non-hydrogen) atoms. The summed E-state index contributed by atoms with van der Waals surface area (Å²) in [6.45, 7) is 3.01. The van der Waals surface area contributed by atoms with Gasteiger partial charge in [-0.3, -0.25) is 9.59 Å². The number of hydrogen-bond donors (Lipinski definition) is 1. The molecular weight excluding hydrogens is 234 g/mol. The molecule has 100 valence electrons. The minimum atomic E-state index is -0.814. The van der Waals surface area contributed by atoms with Gasteiger partial charge in [-0.25, -0.2) is 0 Å². The zero-order valence-corrected chi connectivity index (χ0v) is 10.6. The quantitative estimate of drug-likeness (QED) is 0.721. The lowest BCUT2D eigenvalue weighted by atomic mass is 10.2. The van der Waals surface area contributed by atoms with Gasteiger partial charge < -0.3 is 14.4 Å². The zero-order valence-electron chi connectivity index (χ0n) is 10.6. The largest absolute Gasteiger partial charge is 0.481 e. The zero-order chi connectivity index (χ0) is 13.4. The number of unbranched alkanes of at least 4 members (excludes halogenated alkanes) is 1. The Morgan fingerprint density at radius 1 is 1.33 bits per heavy atom. The summed E-state index contributed by atoms with van der Waals surface area (Å²) in [6, 6.07) is 3.63. The van der Waals surface area contributed by atoms with E-state index in [4.69, 9.17) is 9.52 Å². The van der Waals surface area contributed by atoms with Crippen molar-refractivity contribution in [2.24, 2.45) is 0 Å². The molecular formula is C13H19NO4. The molecule has 1 heterocycles. The van der Waals surface area contributed by atoms with Crippen molar-refractivity contribution >= 4 is 11.9 Å². The highest BCUT2D eigenvalue weighted by Gasteiger charge is 2.13. The van der Waals surface area contributed by atoms with Crippen LogP contribution in [0.25, 0.3) is 0 Å². The third-order valence-electron chi connectivity index (χ3n) is 2.69. The van der Waals surface area contributed by atoms with Gasteiger partial charge in [0, 0.05) is 19.4 Å². The third-order valence-corrected chi connectivity index (χ3v) is 2.69. The first-order valence-electron chi connectivity index (χ1n) is 6.15. The average molecular weight is 253 g/mol. The van der Waals surface area contributed by atoms with Crippen LogP contribution < -0.4 is 0 Å². The monoisotopic (exact) mass is 253 g/mol. The molecule has 0 aromatic carbocycles. The van der Waals surface area contributed by atoms with Gasteiger partial charge in [0.15, 0.2) is 0 Å². The fraction of sp³-hybridized carbons (Fsp3) is 0.538. The van der Waals surface area contributed by atoms with Crippen LogP contribution in [0.15, 0.2) is 22.8 Å². The Morgan fingerprint density at radius 3 is 2.61 bits per heavy atom. The Bertz CT molecular complexity index is 372. The van der Waals surface area contributed by atoms with E-state index in [1.54, 1.807) is 17.2 Å². The van der Waals surface area contributed by atoms with Crippen LogP contribution in [0, 0.1) is 0 Å². The predicted octanol–water partition coefficient (Wildman–Crippen LogP) is 2.27. The van der Waals surface area contributed by atoms with Crippen molar-refractivity contribution in [2.75, 3.05) is 6.54 Å². The van der Waals surface area contributed by atoms with Gasteiger partial charge in [0.05, 0.1) is 12.8 Å². The fourth-order valence-corrected chi connectivity index (χ4v) is 1.68. The highest BCUT2D eigenvalue weighted by Crippen LogP contribution is 2.09. The highest BCUT2D eigenvalue weighted by molar-refractivity contribution is 5.76. The van der Waals surface area contributed by atoms with Gasteiger partial charge in [-0.05, 0) is 31.9 Å². The molecule has 0 aliphatic rings. The van der Waals surface area contributed by atoms with Crippen LogP contribution in [-0.2, 0) is 16.1 Å². The molecule has 0 aliphatic carbocycles. The number of furan rings is 1. The van der Waals surface area contributed by atoms with Gasteiger partial charge in [0.2, 0.25) is 5.91 Å². The Hall–Kier alpha value is -1.78. The van der Waals surface area contributed by atoms with Crippen LogP contribution in [0.4, 0.5) is 0 Å². The van der Waals surface area contributed by atoms with Crippen molar-refractivity contribution in [1.29, 1.82) is 0 Å². The van der Waals surface area contributed by atoms with Gasteiger partial charge in [-0.15, -0.1) is 0 Å². The molecule has 1 N–H and O–H groups in total. The van der Waals surface area contributed by atoms with Gasteiger partial charge in [0.25, 0.3) is 0 Å². The van der Waals surface area contributed by atoms with E-state index in [9.17, 15) is 9.59 Å². The Balaban J connectivity index is 2.31. The summed E-state index contributed by atoms with van der Waals surface area (Å²) in [7, 11) is 0. The van der Waals surface area contributed by atoms with E-state index in [2.05, 4.69) is 0 Å². The summed E-state index contributed by atoms with van der Waals surface area (Å²) in [6.07, 6.45) is 3.25. The number of carboxylic acids is 1. The molecule has 0 bridgehead atoms. The molecule has 0 saturated heterocycles. The van der Waals surface area contributed by atoms with Gasteiger partial charge in [0.1, 0.15) is 5.76 Å². The number of hydrogen-bond acceptors (Lipinski definition) is 3. The van der Waals surface area contributed by atoms with Crippen molar-refractivity contribution in [2.45, 2.75) is 39.2 Å². The second kappa shape index (κ2) is 7.53. The first kappa shape index (κ1) is 14.3. The van der Waals surface area contributed by atoms with E-state index in [0.717, 1.165) is 5.76 Å². The van der Waals surface area contributed by atoms with E-state index in [1.165, 1.54) is 0 Å². The second-order valence-electron chi connectivity index (χ2n) is 4.09. The molecule has 0 aliphatic heterocycles. The maximum atomic E-state index is 11.9. The lowest BCUT2D eigenvalue weighted by molar-refractivity contribution is -0.137. The van der Waals surface area contributed by atoms with Crippen molar-refractivity contribution in [3.05, 3.63) is 24.2 Å². The van der Waals surface area contributed by atoms with Gasteiger partial charge in [-0.2, -0.15) is 0 Å². The normalized spacial score (nSPS) is 10.3. The van der Waals surface area contributed by atoms with Gasteiger partial charge >= 0.3 is 5.97 Å². The Kier molecular flexibility index (Phi) is 5.97. The summed E-state index contributed by atoms with van der Waals surface area (Å²) < 4.78 is 5.20. The third kappa shape index (κ3) is 5.03. The lowest BCUT2D eigenvalue weighted by Crippen LogP contribution is -2.29. The smallest absolute Gasteiger partial charge is 0.303 e. The number of nitrogens with zero attached hydrogens (tertiary/aromatic N) is 1. The molecule has 1 aromatic rings. The van der Waals surface area contributed by atoms with Gasteiger partial charge in [-0.1, -0.05) is 0 Å².